The molecule has 0 fully saturated rings. The van der Waals surface area contributed by atoms with Crippen LogP contribution in [0.1, 0.15) is 37.6 Å². The van der Waals surface area contributed by atoms with Crippen LogP contribution in [-0.2, 0) is 0 Å². The normalized spacial score (nSPS) is 14.6. The van der Waals surface area contributed by atoms with Gasteiger partial charge in [-0.25, -0.2) is 0 Å². The van der Waals surface area contributed by atoms with Gasteiger partial charge in [0.2, 0.25) is 0 Å². The van der Waals surface area contributed by atoms with Crippen LogP contribution in [0.25, 0.3) is 0 Å². The van der Waals surface area contributed by atoms with Crippen molar-refractivity contribution in [3.05, 3.63) is 20.3 Å². The summed E-state index contributed by atoms with van der Waals surface area (Å²) < 4.78 is 0.907. The second-order valence-electron chi connectivity index (χ2n) is 5.05. The second-order valence-corrected chi connectivity index (χ2v) is 7.34. The molecule has 102 valence electrons. The number of rotatable bonds is 5. The fraction of sp³-hybridized carbons (Fsp3) is 0.583. The highest BCUT2D eigenvalue weighted by molar-refractivity contribution is 7.20. The number of halogens is 2. The first-order valence-electron chi connectivity index (χ1n) is 5.75. The lowest BCUT2D eigenvalue weighted by atomic mass is 9.90. The predicted molar refractivity (Wildman–Crippen MR) is 78.7 cm³/mol. The van der Waals surface area contributed by atoms with Gasteiger partial charge >= 0.3 is 0 Å². The summed E-state index contributed by atoms with van der Waals surface area (Å²) in [7, 11) is 0. The maximum atomic E-state index is 12.1. The van der Waals surface area contributed by atoms with E-state index in [0.29, 0.717) is 26.7 Å². The first-order chi connectivity index (χ1) is 8.27. The Morgan fingerprint density at radius 1 is 1.56 bits per heavy atom. The summed E-state index contributed by atoms with van der Waals surface area (Å²) in [6, 6.07) is 1.58. The van der Waals surface area contributed by atoms with Gasteiger partial charge in [-0.05, 0) is 25.3 Å². The molecule has 0 bridgehead atoms. The van der Waals surface area contributed by atoms with Gasteiger partial charge in [-0.15, -0.1) is 11.3 Å². The van der Waals surface area contributed by atoms with Gasteiger partial charge in [0.15, 0.2) is 0 Å². The molecule has 1 aromatic rings. The highest BCUT2D eigenvalue weighted by atomic mass is 35.5. The molecule has 1 unspecified atom stereocenters. The summed E-state index contributed by atoms with van der Waals surface area (Å²) in [6.07, 6.45) is 0.810. The van der Waals surface area contributed by atoms with Crippen LogP contribution in [0.5, 0.6) is 0 Å². The van der Waals surface area contributed by atoms with Crippen LogP contribution in [0, 0.1) is 5.92 Å². The Morgan fingerprint density at radius 3 is 2.56 bits per heavy atom. The van der Waals surface area contributed by atoms with Gasteiger partial charge in [0.1, 0.15) is 4.34 Å². The molecule has 0 radical (unpaired) electrons. The van der Waals surface area contributed by atoms with Gasteiger partial charge in [-0.2, -0.15) is 0 Å². The fourth-order valence-electron chi connectivity index (χ4n) is 1.92. The topological polar surface area (TPSA) is 55.1 Å². The molecular formula is C12H18Cl2N2OS. The van der Waals surface area contributed by atoms with E-state index in [1.54, 1.807) is 6.07 Å². The monoisotopic (exact) mass is 308 g/mol. The van der Waals surface area contributed by atoms with Crippen molar-refractivity contribution in [3.63, 3.8) is 0 Å². The van der Waals surface area contributed by atoms with Crippen LogP contribution in [0.4, 0.5) is 0 Å². The molecule has 1 atom stereocenters. The molecule has 0 saturated heterocycles. The molecule has 0 aliphatic rings. The van der Waals surface area contributed by atoms with Crippen molar-refractivity contribution >= 4 is 40.4 Å². The van der Waals surface area contributed by atoms with Crippen LogP contribution >= 0.6 is 34.5 Å². The molecular weight excluding hydrogens is 291 g/mol. The Balaban J connectivity index is 2.82. The van der Waals surface area contributed by atoms with Gasteiger partial charge in [-0.1, -0.05) is 37.0 Å². The zero-order valence-electron chi connectivity index (χ0n) is 10.7. The minimum Gasteiger partial charge on any atom is -0.346 e. The summed E-state index contributed by atoms with van der Waals surface area (Å²) in [5.74, 6) is 0.220. The molecule has 1 rings (SSSR count). The predicted octanol–water partition coefficient (Wildman–Crippen LogP) is 3.55. The van der Waals surface area contributed by atoms with E-state index in [2.05, 4.69) is 19.2 Å². The third-order valence-electron chi connectivity index (χ3n) is 2.63. The van der Waals surface area contributed by atoms with Crippen molar-refractivity contribution in [3.8, 4) is 0 Å². The van der Waals surface area contributed by atoms with Crippen LogP contribution in [0.15, 0.2) is 6.07 Å². The van der Waals surface area contributed by atoms with E-state index in [0.717, 1.165) is 6.42 Å². The minimum atomic E-state index is -0.428. The summed E-state index contributed by atoms with van der Waals surface area (Å²) in [4.78, 5) is 12.1. The Bertz CT molecular complexity index is 434. The van der Waals surface area contributed by atoms with E-state index in [4.69, 9.17) is 28.9 Å². The van der Waals surface area contributed by atoms with E-state index in [1.165, 1.54) is 11.3 Å². The number of hydrogen-bond donors (Lipinski definition) is 2. The van der Waals surface area contributed by atoms with Gasteiger partial charge in [0, 0.05) is 12.1 Å². The highest BCUT2D eigenvalue weighted by Crippen LogP contribution is 2.31. The molecule has 3 nitrogen and oxygen atoms in total. The Hall–Kier alpha value is -0.290. The summed E-state index contributed by atoms with van der Waals surface area (Å²) in [5.41, 5.74) is 5.74. The maximum absolute atomic E-state index is 12.1. The van der Waals surface area contributed by atoms with Gasteiger partial charge in [0.05, 0.1) is 9.90 Å². The number of carbonyl (C=O) groups is 1. The number of carbonyl (C=O) groups excluding carboxylic acids is 1. The number of nitrogens with two attached hydrogens (primary N) is 1. The van der Waals surface area contributed by atoms with E-state index < -0.39 is 5.54 Å². The lowest BCUT2D eigenvalue weighted by molar-refractivity contribution is 0.0899. The summed E-state index contributed by atoms with van der Waals surface area (Å²) >= 11 is 13.0. The molecule has 1 heterocycles. The highest BCUT2D eigenvalue weighted by Gasteiger charge is 2.27. The third kappa shape index (κ3) is 4.12. The molecule has 0 aromatic carbocycles. The first-order valence-corrected chi connectivity index (χ1v) is 7.32. The zero-order valence-corrected chi connectivity index (χ0v) is 13.0. The molecule has 6 heteroatoms. The Labute approximate surface area is 122 Å². The van der Waals surface area contributed by atoms with Crippen LogP contribution in [0.2, 0.25) is 8.67 Å². The van der Waals surface area contributed by atoms with Crippen molar-refractivity contribution in [2.24, 2.45) is 11.7 Å². The lowest BCUT2D eigenvalue weighted by Gasteiger charge is -2.31. The molecule has 1 aromatic heterocycles. The fourth-order valence-corrected chi connectivity index (χ4v) is 3.38. The smallest absolute Gasteiger partial charge is 0.254 e. The zero-order chi connectivity index (χ0) is 13.9. The standard InChI is InChI=1S/C12H18Cl2N2OS/c1-7(2)5-12(3,6-15)16-11(17)8-4-9(13)18-10(8)14/h4,7H,5-6,15H2,1-3H3,(H,16,17). The molecule has 3 N–H and O–H groups in total. The van der Waals surface area contributed by atoms with Crippen molar-refractivity contribution in [2.45, 2.75) is 32.7 Å². The average Bonchev–Trinajstić information content (AvgIpc) is 2.56. The lowest BCUT2D eigenvalue weighted by Crippen LogP contribution is -2.52. The van der Waals surface area contributed by atoms with Crippen molar-refractivity contribution in [2.75, 3.05) is 6.54 Å². The van der Waals surface area contributed by atoms with Crippen molar-refractivity contribution in [1.82, 2.24) is 5.32 Å². The van der Waals surface area contributed by atoms with Gasteiger partial charge in [0.25, 0.3) is 5.91 Å². The first kappa shape index (κ1) is 15.8. The van der Waals surface area contributed by atoms with Crippen LogP contribution in [0.3, 0.4) is 0 Å². The van der Waals surface area contributed by atoms with Gasteiger partial charge in [-0.3, -0.25) is 4.79 Å². The molecule has 0 spiro atoms. The molecule has 1 amide bonds. The maximum Gasteiger partial charge on any atom is 0.254 e. The molecule has 0 saturated carbocycles. The van der Waals surface area contributed by atoms with Crippen LogP contribution in [-0.4, -0.2) is 18.0 Å². The third-order valence-corrected chi connectivity index (χ3v) is 4.11. The number of thiophene rings is 1. The average molecular weight is 309 g/mol. The second kappa shape index (κ2) is 6.24. The quantitative estimate of drug-likeness (QED) is 0.874. The van der Waals surface area contributed by atoms with E-state index in [-0.39, 0.29) is 5.91 Å². The number of nitrogens with one attached hydrogen (secondary N) is 1. The number of hydrogen-bond acceptors (Lipinski definition) is 3. The van der Waals surface area contributed by atoms with Crippen molar-refractivity contribution in [1.29, 1.82) is 0 Å². The molecule has 0 aliphatic heterocycles. The Kier molecular flexibility index (Phi) is 5.46. The molecule has 18 heavy (non-hydrogen) atoms. The van der Waals surface area contributed by atoms with Gasteiger partial charge < -0.3 is 11.1 Å². The van der Waals surface area contributed by atoms with E-state index in [9.17, 15) is 4.79 Å². The largest absolute Gasteiger partial charge is 0.346 e. The SMILES string of the molecule is CC(C)CC(C)(CN)NC(=O)c1cc(Cl)sc1Cl. The van der Waals surface area contributed by atoms with Crippen LogP contribution < -0.4 is 11.1 Å². The van der Waals surface area contributed by atoms with Crippen molar-refractivity contribution < 1.29 is 4.79 Å². The summed E-state index contributed by atoms with van der Waals surface area (Å²) in [5, 5.41) is 2.94. The number of amides is 1. The summed E-state index contributed by atoms with van der Waals surface area (Å²) in [6.45, 7) is 6.50. The Morgan fingerprint density at radius 2 is 2.17 bits per heavy atom. The van der Waals surface area contributed by atoms with E-state index >= 15 is 0 Å². The van der Waals surface area contributed by atoms with E-state index in [1.807, 2.05) is 6.92 Å². The molecule has 0 aliphatic carbocycles. The minimum absolute atomic E-state index is 0.225.